The molecule has 0 spiro atoms. The van der Waals surface area contributed by atoms with Gasteiger partial charge in [0.15, 0.2) is 5.76 Å². The van der Waals surface area contributed by atoms with Gasteiger partial charge in [-0.05, 0) is 42.0 Å². The molecule has 0 atom stereocenters. The van der Waals surface area contributed by atoms with E-state index in [0.29, 0.717) is 11.3 Å². The van der Waals surface area contributed by atoms with E-state index in [4.69, 9.17) is 4.42 Å². The Morgan fingerprint density at radius 3 is 2.38 bits per heavy atom. The smallest absolute Gasteiger partial charge is 0.291 e. The van der Waals surface area contributed by atoms with Gasteiger partial charge in [-0.3, -0.25) is 4.79 Å². The fraction of sp³-hybridized carbons (Fsp3) is 0.0556. The van der Waals surface area contributed by atoms with E-state index in [2.05, 4.69) is 10.0 Å². The summed E-state index contributed by atoms with van der Waals surface area (Å²) in [5.74, 6) is -1.01. The normalized spacial score (nSPS) is 11.3. The molecule has 26 heavy (non-hydrogen) atoms. The number of benzene rings is 2. The summed E-state index contributed by atoms with van der Waals surface area (Å²) in [5, 5.41) is 2.66. The van der Waals surface area contributed by atoms with E-state index >= 15 is 0 Å². The molecule has 134 valence electrons. The Hall–Kier alpha value is -2.97. The third-order valence-electron chi connectivity index (χ3n) is 3.55. The van der Waals surface area contributed by atoms with Gasteiger partial charge in [0, 0.05) is 12.2 Å². The number of sulfonamides is 1. The van der Waals surface area contributed by atoms with Crippen LogP contribution >= 0.6 is 0 Å². The van der Waals surface area contributed by atoms with E-state index in [0.717, 1.165) is 6.07 Å². The van der Waals surface area contributed by atoms with E-state index < -0.39 is 20.7 Å². The maximum atomic E-state index is 13.6. The van der Waals surface area contributed by atoms with Crippen LogP contribution in [-0.4, -0.2) is 14.3 Å². The van der Waals surface area contributed by atoms with Gasteiger partial charge in [-0.25, -0.2) is 17.5 Å². The molecule has 0 bridgehead atoms. The highest BCUT2D eigenvalue weighted by Gasteiger charge is 2.18. The molecule has 2 N–H and O–H groups in total. The highest BCUT2D eigenvalue weighted by molar-refractivity contribution is 7.89. The lowest BCUT2D eigenvalue weighted by Crippen LogP contribution is -2.24. The van der Waals surface area contributed by atoms with Crippen molar-refractivity contribution in [3.05, 3.63) is 84.1 Å². The first kappa shape index (κ1) is 17.8. The Balaban J connectivity index is 1.63. The third kappa shape index (κ3) is 4.16. The second kappa shape index (κ2) is 7.51. The molecule has 0 unspecified atom stereocenters. The second-order valence-electron chi connectivity index (χ2n) is 5.38. The van der Waals surface area contributed by atoms with Crippen molar-refractivity contribution >= 4 is 21.6 Å². The predicted octanol–water partition coefficient (Wildman–Crippen LogP) is 3.15. The van der Waals surface area contributed by atoms with Crippen molar-refractivity contribution in [2.75, 3.05) is 5.32 Å². The van der Waals surface area contributed by atoms with Gasteiger partial charge in [0.05, 0.1) is 6.26 Å². The lowest BCUT2D eigenvalue weighted by Gasteiger charge is -2.09. The number of anilines is 1. The van der Waals surface area contributed by atoms with Crippen LogP contribution in [0.3, 0.4) is 0 Å². The maximum Gasteiger partial charge on any atom is 0.291 e. The number of halogens is 1. The molecule has 0 saturated carbocycles. The summed E-state index contributed by atoms with van der Waals surface area (Å²) >= 11 is 0. The first-order valence-electron chi connectivity index (χ1n) is 7.64. The quantitative estimate of drug-likeness (QED) is 0.694. The van der Waals surface area contributed by atoms with Gasteiger partial charge in [-0.1, -0.05) is 24.3 Å². The Morgan fingerprint density at radius 1 is 1.00 bits per heavy atom. The van der Waals surface area contributed by atoms with Crippen LogP contribution in [0.1, 0.15) is 16.1 Å². The number of carbonyl (C=O) groups excluding carboxylic acids is 1. The van der Waals surface area contributed by atoms with Gasteiger partial charge in [0.25, 0.3) is 5.91 Å². The summed E-state index contributed by atoms with van der Waals surface area (Å²) in [7, 11) is -3.96. The van der Waals surface area contributed by atoms with Crippen LogP contribution in [0.2, 0.25) is 0 Å². The van der Waals surface area contributed by atoms with E-state index in [-0.39, 0.29) is 18.2 Å². The molecule has 0 aliphatic rings. The first-order valence-corrected chi connectivity index (χ1v) is 9.12. The summed E-state index contributed by atoms with van der Waals surface area (Å²) in [4.78, 5) is 11.5. The second-order valence-corrected chi connectivity index (χ2v) is 7.12. The number of carbonyl (C=O) groups is 1. The van der Waals surface area contributed by atoms with Crippen LogP contribution in [0.25, 0.3) is 0 Å². The standard InChI is InChI=1S/C18H15FN2O4S/c19-15-4-1-2-6-17(15)26(23,24)20-12-13-7-9-14(10-8-13)21-18(22)16-5-3-11-25-16/h1-11,20H,12H2,(H,21,22). The molecule has 2 aromatic carbocycles. The molecular weight excluding hydrogens is 359 g/mol. The number of amides is 1. The van der Waals surface area contributed by atoms with Gasteiger partial charge in [-0.2, -0.15) is 0 Å². The molecule has 0 aliphatic carbocycles. The van der Waals surface area contributed by atoms with Crippen LogP contribution in [0.15, 0.2) is 76.2 Å². The Morgan fingerprint density at radius 2 is 1.73 bits per heavy atom. The van der Waals surface area contributed by atoms with Crippen molar-refractivity contribution in [1.29, 1.82) is 0 Å². The van der Waals surface area contributed by atoms with Crippen LogP contribution in [-0.2, 0) is 16.6 Å². The summed E-state index contributed by atoms with van der Waals surface area (Å²) in [6, 6.07) is 14.9. The first-order chi connectivity index (χ1) is 12.5. The number of nitrogens with one attached hydrogen (secondary N) is 2. The Bertz CT molecular complexity index is 1000. The fourth-order valence-electron chi connectivity index (χ4n) is 2.23. The molecule has 0 aliphatic heterocycles. The number of hydrogen-bond donors (Lipinski definition) is 2. The lowest BCUT2D eigenvalue weighted by molar-refractivity contribution is 0.0996. The Kier molecular flexibility index (Phi) is 5.15. The van der Waals surface area contributed by atoms with Crippen molar-refractivity contribution in [2.24, 2.45) is 0 Å². The third-order valence-corrected chi connectivity index (χ3v) is 4.98. The molecule has 1 aromatic heterocycles. The molecule has 1 heterocycles. The zero-order chi connectivity index (χ0) is 18.6. The predicted molar refractivity (Wildman–Crippen MR) is 93.5 cm³/mol. The van der Waals surface area contributed by atoms with E-state index in [1.807, 2.05) is 0 Å². The molecular formula is C18H15FN2O4S. The van der Waals surface area contributed by atoms with Gasteiger partial charge in [-0.15, -0.1) is 0 Å². The average molecular weight is 374 g/mol. The topological polar surface area (TPSA) is 88.4 Å². The molecule has 8 heteroatoms. The molecule has 0 fully saturated rings. The highest BCUT2D eigenvalue weighted by atomic mass is 32.2. The summed E-state index contributed by atoms with van der Waals surface area (Å²) in [6.07, 6.45) is 1.40. The summed E-state index contributed by atoms with van der Waals surface area (Å²) in [6.45, 7) is -0.0108. The van der Waals surface area contributed by atoms with Crippen molar-refractivity contribution in [3.8, 4) is 0 Å². The Labute approximate surface area is 149 Å². The van der Waals surface area contributed by atoms with Crippen molar-refractivity contribution in [2.45, 2.75) is 11.4 Å². The minimum absolute atomic E-state index is 0.0108. The van der Waals surface area contributed by atoms with Crippen LogP contribution in [0, 0.1) is 5.82 Å². The summed E-state index contributed by atoms with van der Waals surface area (Å²) in [5.41, 5.74) is 1.19. The zero-order valence-electron chi connectivity index (χ0n) is 13.5. The van der Waals surface area contributed by atoms with Gasteiger partial charge in [0.2, 0.25) is 10.0 Å². The number of rotatable bonds is 6. The minimum Gasteiger partial charge on any atom is -0.459 e. The van der Waals surface area contributed by atoms with Gasteiger partial charge in [0.1, 0.15) is 10.7 Å². The van der Waals surface area contributed by atoms with Crippen molar-refractivity contribution < 1.29 is 22.0 Å². The monoisotopic (exact) mass is 374 g/mol. The fourth-order valence-corrected chi connectivity index (χ4v) is 3.32. The van der Waals surface area contributed by atoms with Crippen LogP contribution < -0.4 is 10.0 Å². The van der Waals surface area contributed by atoms with Gasteiger partial charge >= 0.3 is 0 Å². The number of hydrogen-bond acceptors (Lipinski definition) is 4. The molecule has 0 saturated heterocycles. The molecule has 1 amide bonds. The van der Waals surface area contributed by atoms with Crippen molar-refractivity contribution in [1.82, 2.24) is 4.72 Å². The maximum absolute atomic E-state index is 13.6. The number of furan rings is 1. The highest BCUT2D eigenvalue weighted by Crippen LogP contribution is 2.15. The average Bonchev–Trinajstić information content (AvgIpc) is 3.16. The van der Waals surface area contributed by atoms with Crippen LogP contribution in [0.4, 0.5) is 10.1 Å². The van der Waals surface area contributed by atoms with E-state index in [1.54, 1.807) is 36.4 Å². The largest absolute Gasteiger partial charge is 0.459 e. The SMILES string of the molecule is O=C(Nc1ccc(CNS(=O)(=O)c2ccccc2F)cc1)c1ccco1. The molecule has 3 aromatic rings. The van der Waals surface area contributed by atoms with E-state index in [1.165, 1.54) is 24.5 Å². The molecule has 3 rings (SSSR count). The molecule has 6 nitrogen and oxygen atoms in total. The zero-order valence-corrected chi connectivity index (χ0v) is 14.3. The van der Waals surface area contributed by atoms with E-state index in [9.17, 15) is 17.6 Å². The lowest BCUT2D eigenvalue weighted by atomic mass is 10.2. The minimum atomic E-state index is -3.96. The van der Waals surface area contributed by atoms with Crippen LogP contribution in [0.5, 0.6) is 0 Å². The summed E-state index contributed by atoms with van der Waals surface area (Å²) < 4.78 is 45.3. The molecule has 0 radical (unpaired) electrons. The van der Waals surface area contributed by atoms with Gasteiger partial charge < -0.3 is 9.73 Å². The van der Waals surface area contributed by atoms with Crippen molar-refractivity contribution in [3.63, 3.8) is 0 Å².